The quantitative estimate of drug-likeness (QED) is 0.0513. The van der Waals surface area contributed by atoms with Crippen molar-refractivity contribution in [3.05, 3.63) is 48.6 Å². The Morgan fingerprint density at radius 3 is 1.57 bits per heavy atom. The molecule has 42 heavy (non-hydrogen) atoms. The van der Waals surface area contributed by atoms with Gasteiger partial charge in [0.2, 0.25) is 0 Å². The van der Waals surface area contributed by atoms with E-state index in [0.717, 1.165) is 77.0 Å². The lowest BCUT2D eigenvalue weighted by molar-refractivity contribution is -0.161. The third-order valence-corrected chi connectivity index (χ3v) is 7.11. The van der Waals surface area contributed by atoms with Gasteiger partial charge in [-0.25, -0.2) is 0 Å². The van der Waals surface area contributed by atoms with Gasteiger partial charge < -0.3 is 14.6 Å². The first-order valence-electron chi connectivity index (χ1n) is 17.2. The van der Waals surface area contributed by atoms with E-state index in [0.29, 0.717) is 12.8 Å². The molecule has 0 aliphatic carbocycles. The summed E-state index contributed by atoms with van der Waals surface area (Å²) in [5.74, 6) is -0.626. The molecule has 5 heteroatoms. The Bertz CT molecular complexity index is 722. The first-order chi connectivity index (χ1) is 20.6. The van der Waals surface area contributed by atoms with E-state index in [1.165, 1.54) is 51.4 Å². The van der Waals surface area contributed by atoms with Gasteiger partial charge in [-0.3, -0.25) is 9.59 Å². The van der Waals surface area contributed by atoms with E-state index in [2.05, 4.69) is 62.5 Å². The summed E-state index contributed by atoms with van der Waals surface area (Å²) in [7, 11) is 0. The highest BCUT2D eigenvalue weighted by Gasteiger charge is 2.16. The zero-order valence-corrected chi connectivity index (χ0v) is 27.2. The monoisotopic (exact) mass is 588 g/mol. The topological polar surface area (TPSA) is 72.8 Å². The highest BCUT2D eigenvalue weighted by molar-refractivity contribution is 5.70. The third-order valence-electron chi connectivity index (χ3n) is 7.11. The molecule has 0 aromatic carbocycles. The van der Waals surface area contributed by atoms with Crippen LogP contribution in [-0.2, 0) is 19.1 Å². The van der Waals surface area contributed by atoms with Crippen LogP contribution >= 0.6 is 0 Å². The number of ether oxygens (including phenoxy) is 2. The lowest BCUT2D eigenvalue weighted by Gasteiger charge is -2.15. The molecule has 0 heterocycles. The van der Waals surface area contributed by atoms with Gasteiger partial charge >= 0.3 is 11.9 Å². The molecule has 0 unspecified atom stereocenters. The molecular weight excluding hydrogens is 524 g/mol. The van der Waals surface area contributed by atoms with Crippen molar-refractivity contribution in [2.75, 3.05) is 13.2 Å². The summed E-state index contributed by atoms with van der Waals surface area (Å²) in [6.07, 6.45) is 40.2. The summed E-state index contributed by atoms with van der Waals surface area (Å²) in [4.78, 5) is 24.1. The van der Waals surface area contributed by atoms with Crippen LogP contribution in [-0.4, -0.2) is 36.4 Å². The van der Waals surface area contributed by atoms with Crippen LogP contribution in [0.5, 0.6) is 0 Å². The minimum atomic E-state index is -0.781. The molecule has 0 saturated carbocycles. The second kappa shape index (κ2) is 33.4. The molecule has 0 aromatic heterocycles. The molecule has 0 fully saturated rings. The maximum atomic E-state index is 12.1. The number of unbranched alkanes of at least 4 members (excludes halogenated alkanes) is 14. The number of aliphatic hydroxyl groups is 1. The summed E-state index contributed by atoms with van der Waals surface area (Å²) >= 11 is 0. The third kappa shape index (κ3) is 30.8. The molecule has 0 radical (unpaired) electrons. The summed E-state index contributed by atoms with van der Waals surface area (Å²) in [5, 5.41) is 9.50. The van der Waals surface area contributed by atoms with Gasteiger partial charge in [-0.2, -0.15) is 0 Å². The van der Waals surface area contributed by atoms with Crippen LogP contribution in [0.15, 0.2) is 48.6 Å². The first kappa shape index (κ1) is 39.9. The van der Waals surface area contributed by atoms with Gasteiger partial charge in [0, 0.05) is 12.8 Å². The molecule has 0 aromatic rings. The first-order valence-corrected chi connectivity index (χ1v) is 17.2. The highest BCUT2D eigenvalue weighted by Crippen LogP contribution is 2.11. The Labute approximate surface area is 258 Å². The molecule has 0 amide bonds. The normalized spacial score (nSPS) is 12.7. The number of carbonyl (C=O) groups excluding carboxylic acids is 2. The molecule has 1 atom stereocenters. The molecule has 0 saturated heterocycles. The van der Waals surface area contributed by atoms with Gasteiger partial charge in [0.05, 0.1) is 6.61 Å². The molecule has 1 N–H and O–H groups in total. The van der Waals surface area contributed by atoms with Crippen molar-refractivity contribution in [1.82, 2.24) is 0 Å². The Morgan fingerprint density at radius 2 is 1.02 bits per heavy atom. The lowest BCUT2D eigenvalue weighted by Crippen LogP contribution is -2.28. The highest BCUT2D eigenvalue weighted by atomic mass is 16.6. The fourth-order valence-electron chi connectivity index (χ4n) is 4.50. The summed E-state index contributed by atoms with van der Waals surface area (Å²) < 4.78 is 10.5. The van der Waals surface area contributed by atoms with Crippen molar-refractivity contribution in [3.63, 3.8) is 0 Å². The van der Waals surface area contributed by atoms with Crippen molar-refractivity contribution in [1.29, 1.82) is 0 Å². The van der Waals surface area contributed by atoms with E-state index in [-0.39, 0.29) is 25.2 Å². The molecule has 0 aliphatic rings. The van der Waals surface area contributed by atoms with E-state index in [1.54, 1.807) is 0 Å². The Balaban J connectivity index is 3.64. The van der Waals surface area contributed by atoms with Crippen LogP contribution in [0.3, 0.4) is 0 Å². The fraction of sp³-hybridized carbons (Fsp3) is 0.730. The second-order valence-corrected chi connectivity index (χ2v) is 11.2. The van der Waals surface area contributed by atoms with E-state index in [1.807, 2.05) is 0 Å². The van der Waals surface area contributed by atoms with Gasteiger partial charge in [-0.1, -0.05) is 120 Å². The van der Waals surface area contributed by atoms with Crippen LogP contribution in [0, 0.1) is 0 Å². The summed E-state index contributed by atoms with van der Waals surface area (Å²) in [5.41, 5.74) is 0. The molecule has 0 bridgehead atoms. The Morgan fingerprint density at radius 1 is 0.571 bits per heavy atom. The van der Waals surface area contributed by atoms with E-state index >= 15 is 0 Å². The number of rotatable bonds is 30. The van der Waals surface area contributed by atoms with Crippen LogP contribution in [0.2, 0.25) is 0 Å². The van der Waals surface area contributed by atoms with Crippen LogP contribution < -0.4 is 0 Å². The Hall–Kier alpha value is -2.14. The largest absolute Gasteiger partial charge is 0.462 e. The molecular formula is C37H64O5. The summed E-state index contributed by atoms with van der Waals surface area (Å²) in [6, 6.07) is 0. The van der Waals surface area contributed by atoms with Crippen molar-refractivity contribution in [2.45, 2.75) is 161 Å². The molecule has 242 valence electrons. The molecule has 0 aliphatic heterocycles. The van der Waals surface area contributed by atoms with Gasteiger partial charge in [0.15, 0.2) is 6.10 Å². The van der Waals surface area contributed by atoms with Crippen molar-refractivity contribution < 1.29 is 24.2 Å². The predicted octanol–water partition coefficient (Wildman–Crippen LogP) is 10.3. The molecule has 0 spiro atoms. The van der Waals surface area contributed by atoms with Crippen LogP contribution in [0.4, 0.5) is 0 Å². The number of allylic oxidation sites excluding steroid dienone is 8. The zero-order valence-electron chi connectivity index (χ0n) is 27.2. The van der Waals surface area contributed by atoms with Crippen LogP contribution in [0.1, 0.15) is 155 Å². The van der Waals surface area contributed by atoms with Crippen LogP contribution in [0.25, 0.3) is 0 Å². The number of carbonyl (C=O) groups is 2. The standard InChI is InChI=1S/C37H64O5/c1-3-5-7-9-11-13-15-17-18-20-21-23-25-27-29-31-36(39)41-34-35(33-38)42-37(40)32-30-28-26-24-22-19-16-14-12-10-8-6-4-2/h5,7,11,13-14,16-18,35,38H,3-4,6,8-10,12,15,19-34H2,1-2H3/b7-5-,13-11-,16-14-,18-17-/t35-/m0/s1. The second-order valence-electron chi connectivity index (χ2n) is 11.2. The number of esters is 2. The number of aliphatic hydroxyl groups excluding tert-OH is 1. The van der Waals surface area contributed by atoms with E-state index < -0.39 is 6.10 Å². The van der Waals surface area contributed by atoms with Crippen molar-refractivity contribution >= 4 is 11.9 Å². The van der Waals surface area contributed by atoms with Gasteiger partial charge in [0.1, 0.15) is 6.61 Å². The minimum absolute atomic E-state index is 0.0792. The number of hydrogen-bond donors (Lipinski definition) is 1. The van der Waals surface area contributed by atoms with E-state index in [4.69, 9.17) is 9.47 Å². The van der Waals surface area contributed by atoms with Gasteiger partial charge in [-0.15, -0.1) is 0 Å². The SMILES string of the molecule is CC/C=C\C/C=C\C/C=C\CCCCCCCC(=O)OC[C@H](CO)OC(=O)CCCCCCC/C=C\CCCCCC. The number of hydrogen-bond acceptors (Lipinski definition) is 5. The predicted molar refractivity (Wildman–Crippen MR) is 177 cm³/mol. The smallest absolute Gasteiger partial charge is 0.306 e. The van der Waals surface area contributed by atoms with Crippen molar-refractivity contribution in [3.8, 4) is 0 Å². The fourth-order valence-corrected chi connectivity index (χ4v) is 4.50. The average Bonchev–Trinajstić information content (AvgIpc) is 2.99. The minimum Gasteiger partial charge on any atom is -0.462 e. The van der Waals surface area contributed by atoms with Crippen molar-refractivity contribution in [2.24, 2.45) is 0 Å². The lowest BCUT2D eigenvalue weighted by atomic mass is 10.1. The van der Waals surface area contributed by atoms with Gasteiger partial charge in [-0.05, 0) is 70.6 Å². The van der Waals surface area contributed by atoms with Gasteiger partial charge in [0.25, 0.3) is 0 Å². The summed E-state index contributed by atoms with van der Waals surface area (Å²) in [6.45, 7) is 3.97. The maximum Gasteiger partial charge on any atom is 0.306 e. The van der Waals surface area contributed by atoms with E-state index in [9.17, 15) is 14.7 Å². The molecule has 0 rings (SSSR count). The molecule has 5 nitrogen and oxygen atoms in total. The average molecular weight is 589 g/mol. The Kier molecular flexibility index (Phi) is 31.7. The maximum absolute atomic E-state index is 12.1. The zero-order chi connectivity index (χ0) is 30.8.